The molecule has 2 aliphatic heterocycles. The van der Waals surface area contributed by atoms with Gasteiger partial charge in [0.1, 0.15) is 5.60 Å². The number of hydrogen-bond donors (Lipinski definition) is 1. The van der Waals surface area contributed by atoms with E-state index in [-0.39, 0.29) is 0 Å². The van der Waals surface area contributed by atoms with E-state index in [4.69, 9.17) is 16.3 Å². The van der Waals surface area contributed by atoms with Crippen LogP contribution in [0.4, 0.5) is 0 Å². The van der Waals surface area contributed by atoms with E-state index in [0.29, 0.717) is 30.7 Å². The molecule has 1 aromatic heterocycles. The van der Waals surface area contributed by atoms with Crippen LogP contribution >= 0.6 is 11.6 Å². The summed E-state index contributed by atoms with van der Waals surface area (Å²) in [6.07, 6.45) is 5.75. The van der Waals surface area contributed by atoms with Crippen molar-refractivity contribution in [1.82, 2.24) is 9.88 Å². The number of pyridine rings is 1. The molecule has 5 heteroatoms. The number of hydrogen-bond acceptors (Lipinski definition) is 4. The van der Waals surface area contributed by atoms with Gasteiger partial charge in [0.05, 0.1) is 18.2 Å². The van der Waals surface area contributed by atoms with Crippen molar-refractivity contribution in [1.29, 1.82) is 0 Å². The molecule has 0 unspecified atom stereocenters. The normalized spacial score (nSPS) is 25.9. The van der Waals surface area contributed by atoms with Crippen molar-refractivity contribution in [3.8, 4) is 0 Å². The van der Waals surface area contributed by atoms with E-state index in [1.807, 2.05) is 12.3 Å². The monoisotopic (exact) mass is 294 g/mol. The molecule has 3 heterocycles. The van der Waals surface area contributed by atoms with Crippen LogP contribution in [0.5, 0.6) is 0 Å². The molecule has 0 bridgehead atoms. The zero-order valence-corrected chi connectivity index (χ0v) is 12.3. The van der Waals surface area contributed by atoms with Crippen molar-refractivity contribution in [2.75, 3.05) is 32.8 Å². The second-order valence-electron chi connectivity index (χ2n) is 5.95. The Morgan fingerprint density at radius 3 is 2.95 bits per heavy atom. The average Bonchev–Trinajstić information content (AvgIpc) is 2.36. The summed E-state index contributed by atoms with van der Waals surface area (Å²) in [7, 11) is 0. The first-order valence-corrected chi connectivity index (χ1v) is 7.26. The molecule has 0 amide bonds. The summed E-state index contributed by atoms with van der Waals surface area (Å²) in [5, 5.41) is 10.9. The van der Waals surface area contributed by atoms with Gasteiger partial charge < -0.3 is 9.84 Å². The Kier molecular flexibility index (Phi) is 3.82. The lowest BCUT2D eigenvalue weighted by Gasteiger charge is -2.42. The first kappa shape index (κ1) is 14.0. The number of halogens is 1. The van der Waals surface area contributed by atoms with Gasteiger partial charge in [-0.1, -0.05) is 24.6 Å². The van der Waals surface area contributed by atoms with Crippen molar-refractivity contribution in [3.05, 3.63) is 35.1 Å². The molecular formula is C15H19ClN2O2. The van der Waals surface area contributed by atoms with Crippen LogP contribution in [0.1, 0.15) is 12.5 Å². The van der Waals surface area contributed by atoms with Crippen LogP contribution < -0.4 is 0 Å². The minimum absolute atomic E-state index is 0.440. The predicted octanol–water partition coefficient (Wildman–Crippen LogP) is 1.83. The van der Waals surface area contributed by atoms with Gasteiger partial charge in [-0.05, 0) is 23.1 Å². The number of β-amino-alcohol motifs (C(OH)–C–C–N with tert-alkyl or cyclic N) is 1. The van der Waals surface area contributed by atoms with Crippen molar-refractivity contribution >= 4 is 17.2 Å². The average molecular weight is 295 g/mol. The van der Waals surface area contributed by atoms with E-state index in [2.05, 4.69) is 22.9 Å². The van der Waals surface area contributed by atoms with Gasteiger partial charge in [0.2, 0.25) is 0 Å². The van der Waals surface area contributed by atoms with E-state index in [9.17, 15) is 5.11 Å². The molecule has 0 radical (unpaired) electrons. The van der Waals surface area contributed by atoms with Crippen molar-refractivity contribution in [2.24, 2.45) is 5.92 Å². The molecule has 1 fully saturated rings. The zero-order chi connectivity index (χ0) is 14.2. The first-order valence-electron chi connectivity index (χ1n) is 6.88. The maximum Gasteiger partial charge on any atom is 0.124 e. The smallest absolute Gasteiger partial charge is 0.124 e. The van der Waals surface area contributed by atoms with Gasteiger partial charge in [-0.2, -0.15) is 0 Å². The molecule has 3 rings (SSSR count). The molecule has 0 aliphatic carbocycles. The van der Waals surface area contributed by atoms with Crippen molar-refractivity contribution in [3.63, 3.8) is 0 Å². The summed E-state index contributed by atoms with van der Waals surface area (Å²) in [6, 6.07) is 1.94. The van der Waals surface area contributed by atoms with Crippen molar-refractivity contribution in [2.45, 2.75) is 12.5 Å². The third-order valence-corrected chi connectivity index (χ3v) is 3.97. The number of ether oxygens (including phenoxy) is 1. The van der Waals surface area contributed by atoms with E-state index >= 15 is 0 Å². The Hall–Kier alpha value is -0.940. The molecule has 1 saturated heterocycles. The molecule has 4 nitrogen and oxygen atoms in total. The lowest BCUT2D eigenvalue weighted by molar-refractivity contribution is -0.186. The molecule has 108 valence electrons. The standard InChI is InChI=1S/C15H19ClN2O2/c1-11-2-13(12-3-14(16)5-17-4-12)7-18(6-11)8-15(19)9-20-10-15/h2-5,11,19H,6-10H2,1H3/t11-/m0/s1. The quantitative estimate of drug-likeness (QED) is 0.924. The number of aliphatic hydroxyl groups is 1. The van der Waals surface area contributed by atoms with Gasteiger partial charge in [0.25, 0.3) is 0 Å². The summed E-state index contributed by atoms with van der Waals surface area (Å²) in [4.78, 5) is 6.43. The van der Waals surface area contributed by atoms with Gasteiger partial charge in [0.15, 0.2) is 0 Å². The Bertz CT molecular complexity index is 528. The minimum Gasteiger partial charge on any atom is -0.384 e. The van der Waals surface area contributed by atoms with Gasteiger partial charge in [-0.25, -0.2) is 0 Å². The van der Waals surface area contributed by atoms with Crippen molar-refractivity contribution < 1.29 is 9.84 Å². The lowest BCUT2D eigenvalue weighted by Crippen LogP contribution is -2.58. The largest absolute Gasteiger partial charge is 0.384 e. The molecule has 1 N–H and O–H groups in total. The minimum atomic E-state index is -0.672. The van der Waals surface area contributed by atoms with E-state index < -0.39 is 5.60 Å². The molecule has 1 atom stereocenters. The second-order valence-corrected chi connectivity index (χ2v) is 6.38. The summed E-state index contributed by atoms with van der Waals surface area (Å²) in [5.74, 6) is 0.447. The van der Waals surface area contributed by atoms with Gasteiger partial charge >= 0.3 is 0 Å². The summed E-state index contributed by atoms with van der Waals surface area (Å²) in [6.45, 7) is 5.49. The van der Waals surface area contributed by atoms with E-state index in [0.717, 1.165) is 18.7 Å². The fourth-order valence-electron chi connectivity index (χ4n) is 2.90. The zero-order valence-electron chi connectivity index (χ0n) is 11.6. The Balaban J connectivity index is 1.75. The SMILES string of the molecule is C[C@H]1C=C(c2cncc(Cl)c2)CN(CC2(O)COC2)C1. The molecule has 1 aromatic rings. The fourth-order valence-corrected chi connectivity index (χ4v) is 3.08. The predicted molar refractivity (Wildman–Crippen MR) is 78.6 cm³/mol. The molecule has 0 aromatic carbocycles. The third-order valence-electron chi connectivity index (χ3n) is 3.76. The van der Waals surface area contributed by atoms with Gasteiger partial charge in [-0.3, -0.25) is 9.88 Å². The summed E-state index contributed by atoms with van der Waals surface area (Å²) < 4.78 is 5.11. The van der Waals surface area contributed by atoms with E-state index in [1.165, 1.54) is 5.57 Å². The number of rotatable bonds is 3. The topological polar surface area (TPSA) is 45.6 Å². The highest BCUT2D eigenvalue weighted by atomic mass is 35.5. The summed E-state index contributed by atoms with van der Waals surface area (Å²) >= 11 is 6.02. The Morgan fingerprint density at radius 1 is 1.50 bits per heavy atom. The van der Waals surface area contributed by atoms with Crippen LogP contribution in [-0.2, 0) is 4.74 Å². The van der Waals surface area contributed by atoms with Crippen LogP contribution in [0.15, 0.2) is 24.5 Å². The number of nitrogens with zero attached hydrogens (tertiary/aromatic N) is 2. The Morgan fingerprint density at radius 2 is 2.30 bits per heavy atom. The van der Waals surface area contributed by atoms with Crippen LogP contribution in [0.25, 0.3) is 5.57 Å². The van der Waals surface area contributed by atoms with Gasteiger partial charge in [0, 0.05) is 32.0 Å². The van der Waals surface area contributed by atoms with Crippen LogP contribution in [0.3, 0.4) is 0 Å². The van der Waals surface area contributed by atoms with Crippen LogP contribution in [0, 0.1) is 5.92 Å². The second kappa shape index (κ2) is 5.45. The highest BCUT2D eigenvalue weighted by molar-refractivity contribution is 6.30. The lowest BCUT2D eigenvalue weighted by atomic mass is 9.94. The van der Waals surface area contributed by atoms with Gasteiger partial charge in [-0.15, -0.1) is 0 Å². The first-order chi connectivity index (χ1) is 9.54. The molecule has 0 saturated carbocycles. The molecule has 2 aliphatic rings. The highest BCUT2D eigenvalue weighted by Crippen LogP contribution is 2.27. The molecular weight excluding hydrogens is 276 g/mol. The van der Waals surface area contributed by atoms with Crippen LogP contribution in [-0.4, -0.2) is 53.4 Å². The Labute approximate surface area is 124 Å². The molecule has 0 spiro atoms. The summed E-state index contributed by atoms with van der Waals surface area (Å²) in [5.41, 5.74) is 1.61. The maximum atomic E-state index is 10.2. The molecule has 20 heavy (non-hydrogen) atoms. The van der Waals surface area contributed by atoms with Crippen LogP contribution in [0.2, 0.25) is 5.02 Å². The fraction of sp³-hybridized carbons (Fsp3) is 0.533. The highest BCUT2D eigenvalue weighted by Gasteiger charge is 2.38. The van der Waals surface area contributed by atoms with E-state index in [1.54, 1.807) is 6.20 Å². The number of aromatic nitrogens is 1. The maximum absolute atomic E-state index is 10.2. The third kappa shape index (κ3) is 3.04.